The van der Waals surface area contributed by atoms with Gasteiger partial charge in [0.15, 0.2) is 0 Å². The van der Waals surface area contributed by atoms with Crippen molar-refractivity contribution in [1.82, 2.24) is 0 Å². The third kappa shape index (κ3) is 4.39. The van der Waals surface area contributed by atoms with E-state index in [1.165, 1.54) is 40.0 Å². The fourth-order valence-electron chi connectivity index (χ4n) is 4.93. The Balaban J connectivity index is 0.000000193. The highest BCUT2D eigenvalue weighted by Crippen LogP contribution is 2.21. The average Bonchev–Trinajstić information content (AvgIpc) is 3.09. The second-order valence-corrected chi connectivity index (χ2v) is 8.48. The van der Waals surface area contributed by atoms with Crippen LogP contribution in [0.3, 0.4) is 0 Å². The highest BCUT2D eigenvalue weighted by atomic mass is 35.5. The smallest absolute Gasteiger partial charge is 0.276 e. The molecule has 0 saturated carbocycles. The van der Waals surface area contributed by atoms with E-state index >= 15 is 0 Å². The zero-order valence-electron chi connectivity index (χ0n) is 19.0. The van der Waals surface area contributed by atoms with E-state index in [0.717, 1.165) is 34.5 Å². The van der Waals surface area contributed by atoms with Crippen molar-refractivity contribution >= 4 is 41.6 Å². The molecule has 1 aliphatic heterocycles. The standard InChI is InChI=1S/C19H17NO2.C9H8N2.ClH/c1-12-4-2-5-14-13(12)8-9-17-15-6-3-7-19(20(21)22)18(15)11-10-16(14)17;1-2-4-9-8(3-1)7-10-5-6-11-9;/h3,6-9,11H,2,4-5,10H2,1H3;1-7,11H;1H. The molecule has 0 atom stereocenters. The first-order chi connectivity index (χ1) is 16.1. The molecular formula is C28H26ClN3O2. The Morgan fingerprint density at radius 3 is 2.62 bits per heavy atom. The lowest BCUT2D eigenvalue weighted by Gasteiger charge is -2.18. The third-order valence-electron chi connectivity index (χ3n) is 6.52. The molecule has 1 heterocycles. The Labute approximate surface area is 204 Å². The second kappa shape index (κ2) is 10.1. The van der Waals surface area contributed by atoms with Gasteiger partial charge in [0.25, 0.3) is 5.69 Å². The quantitative estimate of drug-likeness (QED) is 0.394. The molecule has 34 heavy (non-hydrogen) atoms. The van der Waals surface area contributed by atoms with Crippen LogP contribution in [0.2, 0.25) is 0 Å². The molecule has 0 radical (unpaired) electrons. The number of rotatable bonds is 1. The number of aliphatic imine (C=N–C) groups is 1. The predicted octanol–water partition coefficient (Wildman–Crippen LogP) is 5.15. The Morgan fingerprint density at radius 2 is 1.76 bits per heavy atom. The van der Waals surface area contributed by atoms with Gasteiger partial charge in [0.2, 0.25) is 0 Å². The number of hydrogen-bond acceptors (Lipinski definition) is 4. The van der Waals surface area contributed by atoms with Crippen molar-refractivity contribution < 1.29 is 4.92 Å². The summed E-state index contributed by atoms with van der Waals surface area (Å²) in [6.45, 7) is 2.22. The molecule has 3 aromatic rings. The van der Waals surface area contributed by atoms with Crippen molar-refractivity contribution in [2.75, 3.05) is 5.32 Å². The Bertz CT molecular complexity index is 1540. The molecule has 0 fully saturated rings. The van der Waals surface area contributed by atoms with Crippen LogP contribution in [0, 0.1) is 20.6 Å². The van der Waals surface area contributed by atoms with Gasteiger partial charge in [-0.05, 0) is 65.5 Å². The summed E-state index contributed by atoms with van der Waals surface area (Å²) in [6.07, 6.45) is 11.7. The molecule has 3 aromatic carbocycles. The molecule has 3 aliphatic rings. The van der Waals surface area contributed by atoms with E-state index in [4.69, 9.17) is 0 Å². The number of fused-ring (bicyclic) bond motifs is 5. The van der Waals surface area contributed by atoms with E-state index in [-0.39, 0.29) is 23.0 Å². The first-order valence-corrected chi connectivity index (χ1v) is 11.3. The summed E-state index contributed by atoms with van der Waals surface area (Å²) in [5.74, 6) is 0. The summed E-state index contributed by atoms with van der Waals surface area (Å²) in [5, 5.41) is 18.7. The molecule has 0 aromatic heterocycles. The van der Waals surface area contributed by atoms with Crippen molar-refractivity contribution in [1.29, 1.82) is 0 Å². The number of hydrogen-bond donors (Lipinski definition) is 1. The number of non-ortho nitro benzene ring substituents is 1. The van der Waals surface area contributed by atoms with Gasteiger partial charge in [0, 0.05) is 35.9 Å². The molecule has 0 amide bonds. The van der Waals surface area contributed by atoms with Crippen LogP contribution in [-0.2, 0) is 12.8 Å². The predicted molar refractivity (Wildman–Crippen MR) is 141 cm³/mol. The minimum absolute atomic E-state index is 0. The number of para-hydroxylation sites is 1. The van der Waals surface area contributed by atoms with E-state index in [9.17, 15) is 10.1 Å². The second-order valence-electron chi connectivity index (χ2n) is 8.48. The lowest BCUT2D eigenvalue weighted by atomic mass is 9.86. The summed E-state index contributed by atoms with van der Waals surface area (Å²) >= 11 is 0. The van der Waals surface area contributed by atoms with Crippen LogP contribution >= 0.6 is 12.4 Å². The largest absolute Gasteiger partial charge is 0.360 e. The maximum atomic E-state index is 11.2. The number of anilines is 1. The number of nitro benzene ring substituents is 1. The monoisotopic (exact) mass is 471 g/mol. The summed E-state index contributed by atoms with van der Waals surface area (Å²) in [4.78, 5) is 15.0. The summed E-state index contributed by atoms with van der Waals surface area (Å²) in [5.41, 5.74) is 6.72. The van der Waals surface area contributed by atoms with Crippen molar-refractivity contribution in [2.45, 2.75) is 32.6 Å². The molecule has 6 rings (SSSR count). The maximum absolute atomic E-state index is 11.2. The third-order valence-corrected chi connectivity index (χ3v) is 6.52. The van der Waals surface area contributed by atoms with E-state index in [1.54, 1.807) is 18.3 Å². The van der Waals surface area contributed by atoms with Gasteiger partial charge >= 0.3 is 0 Å². The highest BCUT2D eigenvalue weighted by molar-refractivity contribution is 5.88. The Morgan fingerprint density at radius 1 is 0.941 bits per heavy atom. The van der Waals surface area contributed by atoms with Crippen LogP contribution in [0.1, 0.15) is 36.5 Å². The van der Waals surface area contributed by atoms with Crippen LogP contribution in [0.15, 0.2) is 72.0 Å². The number of halogens is 1. The van der Waals surface area contributed by atoms with Gasteiger partial charge in [-0.2, -0.15) is 0 Å². The number of benzene rings is 3. The molecule has 172 valence electrons. The van der Waals surface area contributed by atoms with Gasteiger partial charge in [-0.3, -0.25) is 15.1 Å². The highest BCUT2D eigenvalue weighted by Gasteiger charge is 2.16. The minimum Gasteiger partial charge on any atom is -0.360 e. The molecule has 1 N–H and O–H groups in total. The first kappa shape index (κ1) is 23.5. The van der Waals surface area contributed by atoms with Crippen LogP contribution in [-0.4, -0.2) is 11.1 Å². The van der Waals surface area contributed by atoms with Crippen molar-refractivity contribution in [3.05, 3.63) is 115 Å². The van der Waals surface area contributed by atoms with E-state index < -0.39 is 0 Å². The molecule has 5 nitrogen and oxygen atoms in total. The number of nitrogens with zero attached hydrogens (tertiary/aromatic N) is 2. The molecule has 2 aliphatic carbocycles. The fourth-order valence-corrected chi connectivity index (χ4v) is 4.93. The van der Waals surface area contributed by atoms with Gasteiger partial charge < -0.3 is 5.32 Å². The maximum Gasteiger partial charge on any atom is 0.276 e. The summed E-state index contributed by atoms with van der Waals surface area (Å²) in [6, 6.07) is 17.8. The normalized spacial score (nSPS) is 14.3. The molecule has 0 spiro atoms. The van der Waals surface area contributed by atoms with Gasteiger partial charge in [0.05, 0.1) is 10.1 Å². The van der Waals surface area contributed by atoms with Crippen molar-refractivity contribution in [2.24, 2.45) is 4.99 Å². The lowest BCUT2D eigenvalue weighted by Crippen LogP contribution is -2.22. The molecule has 0 bridgehead atoms. The molecule has 6 heteroatoms. The van der Waals surface area contributed by atoms with Crippen LogP contribution in [0.25, 0.3) is 11.6 Å². The topological polar surface area (TPSA) is 67.5 Å². The van der Waals surface area contributed by atoms with Gasteiger partial charge in [-0.1, -0.05) is 54.1 Å². The zero-order chi connectivity index (χ0) is 22.8. The summed E-state index contributed by atoms with van der Waals surface area (Å²) < 4.78 is 0. The minimum atomic E-state index is -0.281. The molecular weight excluding hydrogens is 446 g/mol. The van der Waals surface area contributed by atoms with E-state index in [0.29, 0.717) is 0 Å². The number of nitro groups is 1. The summed E-state index contributed by atoms with van der Waals surface area (Å²) in [7, 11) is 0. The first-order valence-electron chi connectivity index (χ1n) is 11.3. The molecule has 0 saturated heterocycles. The fraction of sp³-hybridized carbons (Fsp3) is 0.179. The van der Waals surface area contributed by atoms with Crippen LogP contribution < -0.4 is 15.8 Å². The number of nitrogens with one attached hydrogen (secondary N) is 1. The van der Waals surface area contributed by atoms with E-state index in [1.807, 2.05) is 48.8 Å². The van der Waals surface area contributed by atoms with Crippen molar-refractivity contribution in [3.8, 4) is 0 Å². The lowest BCUT2D eigenvalue weighted by molar-refractivity contribution is -0.385. The van der Waals surface area contributed by atoms with Gasteiger partial charge in [-0.25, -0.2) is 0 Å². The Kier molecular flexibility index (Phi) is 6.94. The van der Waals surface area contributed by atoms with Crippen LogP contribution in [0.4, 0.5) is 11.4 Å². The van der Waals surface area contributed by atoms with Crippen LogP contribution in [0.5, 0.6) is 0 Å². The van der Waals surface area contributed by atoms with Gasteiger partial charge in [-0.15, -0.1) is 12.4 Å². The van der Waals surface area contributed by atoms with E-state index in [2.05, 4.69) is 29.4 Å². The van der Waals surface area contributed by atoms with Gasteiger partial charge in [0.1, 0.15) is 0 Å². The average molecular weight is 472 g/mol. The Hall–Kier alpha value is -3.70. The zero-order valence-corrected chi connectivity index (χ0v) is 19.8. The van der Waals surface area contributed by atoms with Crippen molar-refractivity contribution in [3.63, 3.8) is 0 Å². The molecule has 0 unspecified atom stereocenters. The SMILES string of the molecule is C1=CNc2ccccc2C=N1.CC1=c2ccc3c(c2CCC1)CC=c1c([N+](=O)[O-])cccc1=3.Cl.